The average molecular weight is 346 g/mol. The lowest BCUT2D eigenvalue weighted by Crippen LogP contribution is -2.50. The molecule has 0 aromatic heterocycles. The topological polar surface area (TPSA) is 97.7 Å². The third-order valence-corrected chi connectivity index (χ3v) is 6.13. The van der Waals surface area contributed by atoms with Gasteiger partial charge in [0.05, 0.1) is 23.5 Å². The van der Waals surface area contributed by atoms with E-state index in [0.717, 1.165) is 0 Å². The van der Waals surface area contributed by atoms with Crippen molar-refractivity contribution >= 4 is 23.3 Å². The van der Waals surface area contributed by atoms with Crippen LogP contribution in [0.1, 0.15) is 26.7 Å². The molecule has 6 nitrogen and oxygen atoms in total. The molecular formula is C19H22O6. The lowest BCUT2D eigenvalue weighted by Gasteiger charge is -2.39. The van der Waals surface area contributed by atoms with E-state index in [1.54, 1.807) is 6.92 Å². The van der Waals surface area contributed by atoms with Gasteiger partial charge in [0.15, 0.2) is 11.6 Å². The molecule has 0 aromatic rings. The van der Waals surface area contributed by atoms with Gasteiger partial charge >= 0.3 is 5.97 Å². The Hall–Kier alpha value is -2.08. The second-order valence-electron chi connectivity index (χ2n) is 7.61. The highest BCUT2D eigenvalue weighted by Crippen LogP contribution is 2.54. The number of allylic oxidation sites excluding steroid dienone is 2. The molecular weight excluding hydrogens is 324 g/mol. The fourth-order valence-electron chi connectivity index (χ4n) is 4.78. The van der Waals surface area contributed by atoms with Gasteiger partial charge < -0.3 is 9.84 Å². The van der Waals surface area contributed by atoms with Gasteiger partial charge in [0.2, 0.25) is 5.78 Å². The number of carbonyl (C=O) groups is 4. The molecule has 0 aromatic carbocycles. The summed E-state index contributed by atoms with van der Waals surface area (Å²) in [6.45, 7) is 6.57. The fourth-order valence-corrected chi connectivity index (χ4v) is 4.78. The standard InChI is InChI=1S/C19H22O6/c1-9-6-11-7-13(21)16(23)15(11)17(25-18(24)10(2)8-20)19(3)12(9)4-5-14(19)22/h4-5,9,11-12,15,17,20H,2,6-8H2,1,3H3. The van der Waals surface area contributed by atoms with Crippen LogP contribution in [0.25, 0.3) is 0 Å². The number of carbonyl (C=O) groups excluding carboxylic acids is 4. The van der Waals surface area contributed by atoms with Crippen LogP contribution in [-0.2, 0) is 23.9 Å². The average Bonchev–Trinajstić information content (AvgIpc) is 2.99. The van der Waals surface area contributed by atoms with Gasteiger partial charge in [-0.05, 0) is 37.2 Å². The maximum Gasteiger partial charge on any atom is 0.336 e. The molecule has 134 valence electrons. The molecule has 0 spiro atoms. The molecule has 0 amide bonds. The van der Waals surface area contributed by atoms with Crippen molar-refractivity contribution in [3.63, 3.8) is 0 Å². The second kappa shape index (κ2) is 6.02. The molecule has 0 bridgehead atoms. The maximum absolute atomic E-state index is 12.7. The highest BCUT2D eigenvalue weighted by molar-refractivity contribution is 6.40. The SMILES string of the molecule is C=C(CO)C(=O)OC1C2C(=O)C(=O)CC2CC(C)C2C=CC(=O)C21C. The Morgan fingerprint density at radius 3 is 2.72 bits per heavy atom. The molecule has 2 fully saturated rings. The van der Waals surface area contributed by atoms with E-state index < -0.39 is 41.6 Å². The first-order valence-electron chi connectivity index (χ1n) is 8.51. The number of hydrogen-bond acceptors (Lipinski definition) is 6. The summed E-state index contributed by atoms with van der Waals surface area (Å²) in [4.78, 5) is 49.5. The minimum Gasteiger partial charge on any atom is -0.457 e. The predicted molar refractivity (Wildman–Crippen MR) is 87.2 cm³/mol. The summed E-state index contributed by atoms with van der Waals surface area (Å²) >= 11 is 0. The zero-order valence-electron chi connectivity index (χ0n) is 14.4. The molecule has 2 saturated carbocycles. The number of ether oxygens (including phenoxy) is 1. The van der Waals surface area contributed by atoms with Crippen LogP contribution in [0.15, 0.2) is 24.3 Å². The molecule has 3 aliphatic carbocycles. The number of rotatable bonds is 3. The van der Waals surface area contributed by atoms with Crippen LogP contribution in [0, 0.1) is 29.1 Å². The van der Waals surface area contributed by atoms with Gasteiger partial charge in [-0.2, -0.15) is 0 Å². The number of esters is 1. The van der Waals surface area contributed by atoms with E-state index in [2.05, 4.69) is 6.58 Å². The monoisotopic (exact) mass is 346 g/mol. The summed E-state index contributed by atoms with van der Waals surface area (Å²) in [6.07, 6.45) is 3.01. The van der Waals surface area contributed by atoms with Crippen LogP contribution in [0.3, 0.4) is 0 Å². The van der Waals surface area contributed by atoms with E-state index >= 15 is 0 Å². The van der Waals surface area contributed by atoms with Gasteiger partial charge in [-0.1, -0.05) is 19.6 Å². The first kappa shape index (κ1) is 17.7. The molecule has 1 N–H and O–H groups in total. The Balaban J connectivity index is 2.07. The minimum atomic E-state index is -1.09. The first-order valence-corrected chi connectivity index (χ1v) is 8.51. The molecule has 6 atom stereocenters. The van der Waals surface area contributed by atoms with Gasteiger partial charge in [0.25, 0.3) is 0 Å². The lowest BCUT2D eigenvalue weighted by molar-refractivity contribution is -0.164. The van der Waals surface area contributed by atoms with Crippen molar-refractivity contribution in [2.45, 2.75) is 32.8 Å². The van der Waals surface area contributed by atoms with Gasteiger partial charge in [-0.15, -0.1) is 0 Å². The van der Waals surface area contributed by atoms with Gasteiger partial charge in [0, 0.05) is 6.42 Å². The van der Waals surface area contributed by atoms with Gasteiger partial charge in [-0.3, -0.25) is 14.4 Å². The Bertz CT molecular complexity index is 705. The molecule has 0 heterocycles. The zero-order chi connectivity index (χ0) is 18.5. The molecule has 6 heteroatoms. The lowest BCUT2D eigenvalue weighted by atomic mass is 9.67. The van der Waals surface area contributed by atoms with Crippen molar-refractivity contribution in [1.82, 2.24) is 0 Å². The van der Waals surface area contributed by atoms with Crippen LogP contribution in [0.4, 0.5) is 0 Å². The molecule has 3 aliphatic rings. The number of aliphatic hydroxyl groups excluding tert-OH is 1. The van der Waals surface area contributed by atoms with E-state index in [0.29, 0.717) is 6.42 Å². The largest absolute Gasteiger partial charge is 0.457 e. The Kier molecular flexibility index (Phi) is 4.27. The first-order chi connectivity index (χ1) is 11.7. The zero-order valence-corrected chi connectivity index (χ0v) is 14.4. The maximum atomic E-state index is 12.7. The number of aliphatic hydroxyl groups is 1. The summed E-state index contributed by atoms with van der Waals surface area (Å²) in [5.41, 5.74) is -1.24. The van der Waals surface area contributed by atoms with Crippen molar-refractivity contribution in [3.05, 3.63) is 24.3 Å². The quantitative estimate of drug-likeness (QED) is 0.465. The van der Waals surface area contributed by atoms with Gasteiger partial charge in [0.1, 0.15) is 6.10 Å². The number of Topliss-reactive ketones (excluding diaryl/α,β-unsaturated/α-hetero) is 2. The second-order valence-corrected chi connectivity index (χ2v) is 7.61. The van der Waals surface area contributed by atoms with Crippen LogP contribution in [-0.4, -0.2) is 41.1 Å². The van der Waals surface area contributed by atoms with E-state index in [1.165, 1.54) is 6.08 Å². The summed E-state index contributed by atoms with van der Waals surface area (Å²) < 4.78 is 5.56. The normalized spacial score (nSPS) is 39.8. The number of ketones is 3. The van der Waals surface area contributed by atoms with Crippen molar-refractivity contribution in [2.24, 2.45) is 29.1 Å². The van der Waals surface area contributed by atoms with Crippen LogP contribution >= 0.6 is 0 Å². The number of fused-ring (bicyclic) bond motifs is 2. The summed E-state index contributed by atoms with van der Waals surface area (Å²) in [5.74, 6) is -3.23. The van der Waals surface area contributed by atoms with Crippen LogP contribution in [0.5, 0.6) is 0 Å². The van der Waals surface area contributed by atoms with Crippen molar-refractivity contribution in [3.8, 4) is 0 Å². The Morgan fingerprint density at radius 1 is 1.40 bits per heavy atom. The van der Waals surface area contributed by atoms with E-state index in [1.807, 2.05) is 13.0 Å². The third kappa shape index (κ3) is 2.51. The van der Waals surface area contributed by atoms with Crippen LogP contribution < -0.4 is 0 Å². The van der Waals surface area contributed by atoms with Crippen LogP contribution in [0.2, 0.25) is 0 Å². The third-order valence-electron chi connectivity index (χ3n) is 6.13. The molecule has 0 radical (unpaired) electrons. The summed E-state index contributed by atoms with van der Waals surface area (Å²) in [6, 6.07) is 0. The highest BCUT2D eigenvalue weighted by Gasteiger charge is 2.62. The summed E-state index contributed by atoms with van der Waals surface area (Å²) in [5, 5.41) is 9.12. The predicted octanol–water partition coefficient (Wildman–Crippen LogP) is 1.02. The van der Waals surface area contributed by atoms with Crippen molar-refractivity contribution < 1.29 is 29.0 Å². The Labute approximate surface area is 145 Å². The van der Waals surface area contributed by atoms with E-state index in [4.69, 9.17) is 9.84 Å². The highest BCUT2D eigenvalue weighted by atomic mass is 16.5. The number of hydrogen-bond donors (Lipinski definition) is 1. The fraction of sp³-hybridized carbons (Fsp3) is 0.579. The molecule has 0 aliphatic heterocycles. The Morgan fingerprint density at radius 2 is 2.08 bits per heavy atom. The molecule has 6 unspecified atom stereocenters. The summed E-state index contributed by atoms with van der Waals surface area (Å²) in [7, 11) is 0. The van der Waals surface area contributed by atoms with E-state index in [9.17, 15) is 19.2 Å². The molecule has 3 rings (SSSR count). The van der Waals surface area contributed by atoms with E-state index in [-0.39, 0.29) is 35.5 Å². The van der Waals surface area contributed by atoms with Crippen molar-refractivity contribution in [2.75, 3.05) is 6.61 Å². The van der Waals surface area contributed by atoms with Crippen molar-refractivity contribution in [1.29, 1.82) is 0 Å². The smallest absolute Gasteiger partial charge is 0.336 e. The molecule has 0 saturated heterocycles. The minimum absolute atomic E-state index is 0.0728. The van der Waals surface area contributed by atoms with Gasteiger partial charge in [-0.25, -0.2) is 4.79 Å². The molecule has 25 heavy (non-hydrogen) atoms.